The van der Waals surface area contributed by atoms with Crippen molar-refractivity contribution >= 4 is 33.5 Å². The predicted octanol–water partition coefficient (Wildman–Crippen LogP) is 2.22. The molecule has 0 saturated carbocycles. The van der Waals surface area contributed by atoms with Crippen LogP contribution in [0.5, 0.6) is 0 Å². The van der Waals surface area contributed by atoms with E-state index >= 15 is 0 Å². The second kappa shape index (κ2) is 9.06. The van der Waals surface area contributed by atoms with Crippen LogP contribution in [0.1, 0.15) is 37.0 Å². The zero-order valence-electron chi connectivity index (χ0n) is 16.3. The van der Waals surface area contributed by atoms with Crippen molar-refractivity contribution in [3.63, 3.8) is 0 Å². The van der Waals surface area contributed by atoms with Gasteiger partial charge in [-0.2, -0.15) is 0 Å². The number of piperidine rings is 1. The lowest BCUT2D eigenvalue weighted by atomic mass is 10.0. The Morgan fingerprint density at radius 2 is 1.86 bits per heavy atom. The molecule has 3 rings (SSSR count). The zero-order chi connectivity index (χ0) is 21.0. The first kappa shape index (κ1) is 21.5. The van der Waals surface area contributed by atoms with Crippen LogP contribution in [0.2, 0.25) is 5.02 Å². The van der Waals surface area contributed by atoms with Crippen molar-refractivity contribution < 1.29 is 13.2 Å². The first-order chi connectivity index (χ1) is 13.8. The fourth-order valence-electron chi connectivity index (χ4n) is 3.17. The molecule has 156 valence electrons. The molecule has 0 bridgehead atoms. The molecule has 1 aromatic heterocycles. The Hall–Kier alpha value is -2.23. The zero-order valence-corrected chi connectivity index (χ0v) is 17.9. The number of anilines is 1. The first-order valence-corrected chi connectivity index (χ1v) is 11.3. The van der Waals surface area contributed by atoms with Gasteiger partial charge in [0.05, 0.1) is 15.5 Å². The summed E-state index contributed by atoms with van der Waals surface area (Å²) < 4.78 is 27.3. The number of aromatic nitrogens is 2. The van der Waals surface area contributed by atoms with Crippen molar-refractivity contribution in [2.24, 2.45) is 0 Å². The molecule has 0 spiro atoms. The third-order valence-electron chi connectivity index (χ3n) is 4.55. The number of sulfonamides is 1. The van der Waals surface area contributed by atoms with Gasteiger partial charge in [-0.25, -0.2) is 23.1 Å². The van der Waals surface area contributed by atoms with Crippen LogP contribution in [0.25, 0.3) is 0 Å². The van der Waals surface area contributed by atoms with E-state index in [0.717, 1.165) is 25.9 Å². The second-order valence-corrected chi connectivity index (χ2v) is 9.32. The average Bonchev–Trinajstić information content (AvgIpc) is 2.68. The van der Waals surface area contributed by atoms with Crippen LogP contribution in [0.15, 0.2) is 41.6 Å². The molecule has 0 radical (unpaired) electrons. The van der Waals surface area contributed by atoms with E-state index < -0.39 is 10.0 Å². The lowest BCUT2D eigenvalue weighted by Crippen LogP contribution is -2.45. The molecule has 2 N–H and O–H groups in total. The molecule has 1 amide bonds. The largest absolute Gasteiger partial charge is 0.349 e. The van der Waals surface area contributed by atoms with Crippen LogP contribution >= 0.6 is 11.6 Å². The Morgan fingerprint density at radius 1 is 1.21 bits per heavy atom. The van der Waals surface area contributed by atoms with E-state index in [1.165, 1.54) is 18.2 Å². The Labute approximate surface area is 175 Å². The first-order valence-electron chi connectivity index (χ1n) is 9.41. The summed E-state index contributed by atoms with van der Waals surface area (Å²) in [5.41, 5.74) is 0.145. The van der Waals surface area contributed by atoms with Crippen molar-refractivity contribution in [1.29, 1.82) is 0 Å². The topological polar surface area (TPSA) is 104 Å². The van der Waals surface area contributed by atoms with Gasteiger partial charge in [-0.05, 0) is 51.0 Å². The van der Waals surface area contributed by atoms with Crippen LogP contribution in [0.4, 0.5) is 5.95 Å². The third kappa shape index (κ3) is 5.43. The highest BCUT2D eigenvalue weighted by Crippen LogP contribution is 2.22. The molecule has 0 aliphatic carbocycles. The van der Waals surface area contributed by atoms with E-state index in [-0.39, 0.29) is 33.5 Å². The minimum absolute atomic E-state index is 0.0109. The number of hydrogen-bond donors (Lipinski definition) is 2. The van der Waals surface area contributed by atoms with E-state index in [2.05, 4.69) is 24.9 Å². The number of amides is 1. The maximum Gasteiger partial charge on any atom is 0.253 e. The van der Waals surface area contributed by atoms with E-state index in [1.54, 1.807) is 32.3 Å². The average molecular weight is 438 g/mol. The summed E-state index contributed by atoms with van der Waals surface area (Å²) in [6.45, 7) is 4.90. The minimum Gasteiger partial charge on any atom is -0.349 e. The molecule has 1 saturated heterocycles. The van der Waals surface area contributed by atoms with Crippen LogP contribution < -0.4 is 14.9 Å². The van der Waals surface area contributed by atoms with Crippen molar-refractivity contribution in [3.05, 3.63) is 47.2 Å². The van der Waals surface area contributed by atoms with Gasteiger partial charge in [0.25, 0.3) is 5.91 Å². The Balaban J connectivity index is 1.66. The van der Waals surface area contributed by atoms with Gasteiger partial charge in [0, 0.05) is 37.6 Å². The van der Waals surface area contributed by atoms with Crippen LogP contribution in [0.3, 0.4) is 0 Å². The number of halogens is 1. The summed E-state index contributed by atoms with van der Waals surface area (Å²) in [5, 5.41) is 3.17. The highest BCUT2D eigenvalue weighted by atomic mass is 35.5. The summed E-state index contributed by atoms with van der Waals surface area (Å²) in [6, 6.07) is 5.61. The number of carbonyl (C=O) groups is 1. The molecule has 2 heterocycles. The normalized spacial score (nSPS) is 15.5. The lowest BCUT2D eigenvalue weighted by molar-refractivity contribution is 0.0931. The molecule has 0 atom stereocenters. The number of nitrogens with one attached hydrogen (secondary N) is 2. The molecular formula is C19H24ClN5O3S. The van der Waals surface area contributed by atoms with Crippen molar-refractivity contribution in [2.75, 3.05) is 18.0 Å². The highest BCUT2D eigenvalue weighted by molar-refractivity contribution is 7.89. The molecule has 1 aromatic carbocycles. The van der Waals surface area contributed by atoms with Crippen LogP contribution in [-0.4, -0.2) is 49.5 Å². The Morgan fingerprint density at radius 3 is 2.48 bits per heavy atom. The monoisotopic (exact) mass is 437 g/mol. The summed E-state index contributed by atoms with van der Waals surface area (Å²) >= 11 is 6.17. The third-order valence-corrected chi connectivity index (χ3v) is 6.53. The Bertz CT molecular complexity index is 961. The van der Waals surface area contributed by atoms with Crippen LogP contribution in [-0.2, 0) is 10.0 Å². The standard InChI is InChI=1S/C19H24ClN5O3S/c1-13(2)24-29(27,28)15-4-5-17(20)16(12-15)18(26)23-14-6-10-25(11-7-14)19-21-8-3-9-22-19/h3-5,8-9,12-14,24H,6-7,10-11H2,1-2H3,(H,23,26). The van der Waals surface area contributed by atoms with Gasteiger partial charge >= 0.3 is 0 Å². The number of benzene rings is 1. The molecule has 29 heavy (non-hydrogen) atoms. The number of nitrogens with zero attached hydrogens (tertiary/aromatic N) is 3. The summed E-state index contributed by atoms with van der Waals surface area (Å²) in [4.78, 5) is 23.3. The number of hydrogen-bond acceptors (Lipinski definition) is 6. The van der Waals surface area contributed by atoms with Crippen molar-refractivity contribution in [3.8, 4) is 0 Å². The molecule has 2 aromatic rings. The summed E-state index contributed by atoms with van der Waals surface area (Å²) in [7, 11) is -3.71. The van der Waals surface area contributed by atoms with Gasteiger partial charge in [0.15, 0.2) is 0 Å². The van der Waals surface area contributed by atoms with E-state index in [0.29, 0.717) is 5.95 Å². The summed E-state index contributed by atoms with van der Waals surface area (Å²) in [5.74, 6) is 0.293. The minimum atomic E-state index is -3.71. The van der Waals surface area contributed by atoms with Gasteiger partial charge in [-0.1, -0.05) is 11.6 Å². The molecule has 1 aliphatic heterocycles. The smallest absolute Gasteiger partial charge is 0.253 e. The van der Waals surface area contributed by atoms with Gasteiger partial charge in [0.2, 0.25) is 16.0 Å². The fraction of sp³-hybridized carbons (Fsp3) is 0.421. The second-order valence-electron chi connectivity index (χ2n) is 7.20. The summed E-state index contributed by atoms with van der Waals surface area (Å²) in [6.07, 6.45) is 4.86. The van der Waals surface area contributed by atoms with E-state index in [4.69, 9.17) is 11.6 Å². The molecule has 10 heteroatoms. The number of rotatable bonds is 6. The van der Waals surface area contributed by atoms with Gasteiger partial charge in [-0.3, -0.25) is 4.79 Å². The Kier molecular flexibility index (Phi) is 6.71. The van der Waals surface area contributed by atoms with Crippen molar-refractivity contribution in [2.45, 2.75) is 43.7 Å². The lowest BCUT2D eigenvalue weighted by Gasteiger charge is -2.32. The SMILES string of the molecule is CC(C)NS(=O)(=O)c1ccc(Cl)c(C(=O)NC2CCN(c3ncccn3)CC2)c1. The van der Waals surface area contributed by atoms with Crippen molar-refractivity contribution in [1.82, 2.24) is 20.0 Å². The molecule has 8 nitrogen and oxygen atoms in total. The van der Waals surface area contributed by atoms with Gasteiger partial charge in [-0.15, -0.1) is 0 Å². The molecular weight excluding hydrogens is 414 g/mol. The molecule has 1 fully saturated rings. The van der Waals surface area contributed by atoms with Crippen LogP contribution in [0, 0.1) is 0 Å². The highest BCUT2D eigenvalue weighted by Gasteiger charge is 2.24. The van der Waals surface area contributed by atoms with Gasteiger partial charge < -0.3 is 10.2 Å². The van der Waals surface area contributed by atoms with E-state index in [9.17, 15) is 13.2 Å². The quantitative estimate of drug-likeness (QED) is 0.718. The fourth-order valence-corrected chi connectivity index (χ4v) is 4.65. The van der Waals surface area contributed by atoms with Gasteiger partial charge in [0.1, 0.15) is 0 Å². The predicted molar refractivity (Wildman–Crippen MR) is 112 cm³/mol. The maximum atomic E-state index is 12.7. The number of carbonyl (C=O) groups excluding carboxylic acids is 1. The maximum absolute atomic E-state index is 12.7. The van der Waals surface area contributed by atoms with E-state index in [1.807, 2.05) is 0 Å². The molecule has 1 aliphatic rings. The molecule has 0 unspecified atom stereocenters.